The van der Waals surface area contributed by atoms with Crippen LogP contribution in [0.2, 0.25) is 0 Å². The van der Waals surface area contributed by atoms with E-state index in [0.29, 0.717) is 22.8 Å². The minimum atomic E-state index is -0.0764. The average Bonchev–Trinajstić information content (AvgIpc) is 3.37. The van der Waals surface area contributed by atoms with Crippen molar-refractivity contribution < 1.29 is 9.21 Å². The van der Waals surface area contributed by atoms with Crippen molar-refractivity contribution in [1.82, 2.24) is 25.1 Å². The maximum atomic E-state index is 12.2. The van der Waals surface area contributed by atoms with Gasteiger partial charge in [-0.05, 0) is 47.1 Å². The Balaban J connectivity index is 1.68. The summed E-state index contributed by atoms with van der Waals surface area (Å²) in [6.07, 6.45) is 1.57. The number of hydrogen-bond donors (Lipinski definition) is 1. The molecule has 2 N–H and O–H groups in total. The van der Waals surface area contributed by atoms with Gasteiger partial charge >= 0.3 is 0 Å². The lowest BCUT2D eigenvalue weighted by molar-refractivity contribution is 0.0827. The summed E-state index contributed by atoms with van der Waals surface area (Å²) in [6.45, 7) is 5.75. The fourth-order valence-electron chi connectivity index (χ4n) is 3.39. The van der Waals surface area contributed by atoms with Crippen LogP contribution in [0.15, 0.2) is 76.5 Å². The average molecular weight is 485 g/mol. The molecule has 0 aliphatic rings. The number of aromatic nitrogens is 4. The van der Waals surface area contributed by atoms with Gasteiger partial charge in [0.25, 0.3) is 11.8 Å². The molecule has 176 valence electrons. The molecule has 8 nitrogen and oxygen atoms in total. The molecule has 0 fully saturated rings. The zero-order valence-corrected chi connectivity index (χ0v) is 20.4. The zero-order chi connectivity index (χ0) is 24.9. The first-order chi connectivity index (χ1) is 16.9. The zero-order valence-electron chi connectivity index (χ0n) is 19.6. The number of carbonyl (C=O) groups is 1. The summed E-state index contributed by atoms with van der Waals surface area (Å²) in [5, 5.41) is 12.2. The van der Waals surface area contributed by atoms with Gasteiger partial charge in [-0.3, -0.25) is 4.79 Å². The third kappa shape index (κ3) is 5.15. The highest BCUT2D eigenvalue weighted by atomic mass is 32.2. The molecule has 4 aromatic rings. The Bertz CT molecular complexity index is 1410. The number of nitrogens with zero attached hydrogens (tertiary/aromatic N) is 5. The molecule has 0 aliphatic heterocycles. The molecule has 2 aromatic heterocycles. The number of amides is 1. The van der Waals surface area contributed by atoms with Crippen LogP contribution in [0, 0.1) is 0 Å². The number of nitrogens with two attached hydrogens (primary N) is 1. The highest BCUT2D eigenvalue weighted by molar-refractivity contribution is 8.05. The number of allylic oxidation sites excluding steroid dienone is 1. The molecular weight excluding hydrogens is 460 g/mol. The molecule has 0 spiro atoms. The first-order valence-electron chi connectivity index (χ1n) is 10.7. The van der Waals surface area contributed by atoms with Gasteiger partial charge in [-0.15, -0.1) is 22.0 Å². The number of anilines is 1. The molecule has 4 rings (SSSR count). The number of carbonyl (C=O) groups excluding carboxylic acids is 1. The molecule has 0 bridgehead atoms. The van der Waals surface area contributed by atoms with Gasteiger partial charge in [0.2, 0.25) is 5.89 Å². The fraction of sp³-hybridized carbons (Fsp3) is 0.115. The van der Waals surface area contributed by atoms with Crippen LogP contribution in [-0.4, -0.2) is 45.1 Å². The SMILES string of the molecule is C=CS/C=C(\C)c1ccccc1-c1nnc(-c2nc(-c3ccc(C(=O)N(C)C)cc3)cnc2N)o1. The maximum absolute atomic E-state index is 12.2. The Kier molecular flexibility index (Phi) is 7.07. The summed E-state index contributed by atoms with van der Waals surface area (Å²) >= 11 is 1.50. The summed E-state index contributed by atoms with van der Waals surface area (Å²) in [4.78, 5) is 22.6. The normalized spacial score (nSPS) is 11.3. The molecular formula is C26H24N6O2S. The van der Waals surface area contributed by atoms with Crippen LogP contribution in [0.25, 0.3) is 39.9 Å². The van der Waals surface area contributed by atoms with Crippen LogP contribution in [0.4, 0.5) is 5.82 Å². The Hall–Kier alpha value is -4.24. The van der Waals surface area contributed by atoms with E-state index >= 15 is 0 Å². The summed E-state index contributed by atoms with van der Waals surface area (Å²) in [5.74, 6) is 0.621. The van der Waals surface area contributed by atoms with Crippen LogP contribution >= 0.6 is 11.8 Å². The van der Waals surface area contributed by atoms with Crippen LogP contribution in [-0.2, 0) is 0 Å². The van der Waals surface area contributed by atoms with Crippen molar-refractivity contribution in [3.63, 3.8) is 0 Å². The molecule has 0 saturated heterocycles. The maximum Gasteiger partial charge on any atom is 0.270 e. The number of nitrogen functional groups attached to an aromatic ring is 1. The highest BCUT2D eigenvalue weighted by Gasteiger charge is 2.19. The van der Waals surface area contributed by atoms with Crippen molar-refractivity contribution in [1.29, 1.82) is 0 Å². The number of hydrogen-bond acceptors (Lipinski definition) is 8. The van der Waals surface area contributed by atoms with Crippen molar-refractivity contribution in [3.05, 3.63) is 83.2 Å². The van der Waals surface area contributed by atoms with Gasteiger partial charge in [0.1, 0.15) is 0 Å². The Labute approximate surface area is 207 Å². The molecule has 35 heavy (non-hydrogen) atoms. The Morgan fingerprint density at radius 2 is 1.80 bits per heavy atom. The van der Waals surface area contributed by atoms with Gasteiger partial charge in [-0.1, -0.05) is 36.9 Å². The van der Waals surface area contributed by atoms with Crippen molar-refractivity contribution in [2.45, 2.75) is 6.92 Å². The van der Waals surface area contributed by atoms with Gasteiger partial charge in [-0.25, -0.2) is 9.97 Å². The lowest BCUT2D eigenvalue weighted by Gasteiger charge is -2.10. The van der Waals surface area contributed by atoms with E-state index in [9.17, 15) is 4.79 Å². The molecule has 0 saturated carbocycles. The molecule has 0 aliphatic carbocycles. The second-order valence-corrected chi connectivity index (χ2v) is 8.67. The van der Waals surface area contributed by atoms with Crippen molar-refractivity contribution >= 4 is 29.1 Å². The molecule has 2 heterocycles. The minimum Gasteiger partial charge on any atom is -0.414 e. The summed E-state index contributed by atoms with van der Waals surface area (Å²) < 4.78 is 5.99. The van der Waals surface area contributed by atoms with E-state index in [1.165, 1.54) is 16.7 Å². The lowest BCUT2D eigenvalue weighted by atomic mass is 10.0. The number of benzene rings is 2. The van der Waals surface area contributed by atoms with Gasteiger partial charge in [0, 0.05) is 30.8 Å². The fourth-order valence-corrected chi connectivity index (χ4v) is 3.82. The van der Waals surface area contributed by atoms with E-state index in [1.807, 2.05) is 48.7 Å². The standard InChI is InChI=1S/C26H24N6O2S/c1-5-35-15-16(2)19-8-6-7-9-20(19)24-30-31-25(34-24)22-23(27)28-14-21(29-22)17-10-12-18(13-11-17)26(33)32(3)4/h5-15H,1H2,2-4H3,(H2,27,28)/b16-15+. The van der Waals surface area contributed by atoms with Gasteiger partial charge < -0.3 is 15.1 Å². The molecule has 9 heteroatoms. The third-order valence-corrected chi connectivity index (χ3v) is 5.87. The van der Waals surface area contributed by atoms with E-state index in [-0.39, 0.29) is 17.6 Å². The van der Waals surface area contributed by atoms with Gasteiger partial charge in [-0.2, -0.15) is 0 Å². The minimum absolute atomic E-state index is 0.0764. The Morgan fingerprint density at radius 1 is 1.09 bits per heavy atom. The second kappa shape index (κ2) is 10.4. The topological polar surface area (TPSA) is 111 Å². The predicted octanol–water partition coefficient (Wildman–Crippen LogP) is 5.38. The van der Waals surface area contributed by atoms with Crippen molar-refractivity contribution in [2.75, 3.05) is 19.8 Å². The number of thioether (sulfide) groups is 1. The van der Waals surface area contributed by atoms with E-state index in [2.05, 4.69) is 26.7 Å². The first kappa shape index (κ1) is 23.9. The van der Waals surface area contributed by atoms with Crippen LogP contribution in [0.1, 0.15) is 22.8 Å². The first-order valence-corrected chi connectivity index (χ1v) is 11.6. The highest BCUT2D eigenvalue weighted by Crippen LogP contribution is 2.32. The van der Waals surface area contributed by atoms with Crippen LogP contribution in [0.3, 0.4) is 0 Å². The smallest absolute Gasteiger partial charge is 0.270 e. The van der Waals surface area contributed by atoms with Gasteiger partial charge in [0.05, 0.1) is 11.9 Å². The van der Waals surface area contributed by atoms with E-state index in [1.54, 1.807) is 37.8 Å². The molecule has 0 unspecified atom stereocenters. The quantitative estimate of drug-likeness (QED) is 0.372. The molecule has 1 amide bonds. The monoisotopic (exact) mass is 484 g/mol. The lowest BCUT2D eigenvalue weighted by Crippen LogP contribution is -2.21. The molecule has 0 atom stereocenters. The van der Waals surface area contributed by atoms with E-state index < -0.39 is 0 Å². The van der Waals surface area contributed by atoms with Gasteiger partial charge in [0.15, 0.2) is 11.5 Å². The van der Waals surface area contributed by atoms with E-state index in [0.717, 1.165) is 22.3 Å². The summed E-state index contributed by atoms with van der Waals surface area (Å²) in [7, 11) is 3.42. The van der Waals surface area contributed by atoms with E-state index in [4.69, 9.17) is 10.2 Å². The summed E-state index contributed by atoms with van der Waals surface area (Å²) in [5.41, 5.74) is 11.1. The van der Waals surface area contributed by atoms with Crippen LogP contribution in [0.5, 0.6) is 0 Å². The Morgan fingerprint density at radius 3 is 2.51 bits per heavy atom. The molecule has 0 radical (unpaired) electrons. The number of rotatable bonds is 7. The predicted molar refractivity (Wildman–Crippen MR) is 140 cm³/mol. The largest absolute Gasteiger partial charge is 0.414 e. The molecule has 2 aromatic carbocycles. The van der Waals surface area contributed by atoms with Crippen molar-refractivity contribution in [2.24, 2.45) is 0 Å². The summed E-state index contributed by atoms with van der Waals surface area (Å²) in [6, 6.07) is 14.9. The third-order valence-electron chi connectivity index (χ3n) is 5.19. The van der Waals surface area contributed by atoms with Crippen molar-refractivity contribution in [3.8, 4) is 34.3 Å². The van der Waals surface area contributed by atoms with Crippen LogP contribution < -0.4 is 5.73 Å². The second-order valence-electron chi connectivity index (χ2n) is 7.83.